The highest BCUT2D eigenvalue weighted by atomic mass is 35.5. The Hall–Kier alpha value is -3.25. The number of carbonyl (C=O) groups is 1. The van der Waals surface area contributed by atoms with Crippen molar-refractivity contribution in [2.24, 2.45) is 5.10 Å². The van der Waals surface area contributed by atoms with Crippen LogP contribution in [0.25, 0.3) is 16.5 Å². The van der Waals surface area contributed by atoms with Crippen molar-refractivity contribution in [3.8, 4) is 5.75 Å². The fourth-order valence-electron chi connectivity index (χ4n) is 3.81. The average Bonchev–Trinajstić information content (AvgIpc) is 3.17. The number of anilines is 1. The molecule has 0 unspecified atom stereocenters. The van der Waals surface area contributed by atoms with Crippen LogP contribution in [0.3, 0.4) is 0 Å². The molecule has 1 amide bonds. The Kier molecular flexibility index (Phi) is 5.27. The van der Waals surface area contributed by atoms with Gasteiger partial charge >= 0.3 is 5.91 Å². The number of furan rings is 1. The van der Waals surface area contributed by atoms with Gasteiger partial charge in [-0.2, -0.15) is 5.10 Å². The third-order valence-electron chi connectivity index (χ3n) is 5.66. The second-order valence-corrected chi connectivity index (χ2v) is 8.53. The van der Waals surface area contributed by atoms with Crippen LogP contribution >= 0.6 is 11.6 Å². The zero-order valence-corrected chi connectivity index (χ0v) is 18.9. The molecular weight excluding hydrogens is 414 g/mol. The Morgan fingerprint density at radius 2 is 2.06 bits per heavy atom. The van der Waals surface area contributed by atoms with Gasteiger partial charge in [-0.15, -0.1) is 0 Å². The molecule has 160 valence electrons. The Bertz CT molecular complexity index is 1240. The lowest BCUT2D eigenvalue weighted by atomic mass is 9.88. The lowest BCUT2D eigenvalue weighted by Crippen LogP contribution is -2.42. The molecule has 2 aromatic carbocycles. The standard InChI is InChI=1S/C24H24ClN3O3/c1-14-12-24(2,3)28(4)19-11-18(25)16(9-17(14)19)13-26-27-23(29)21-10-15-7-6-8-20(30-5)22(15)31-21/h6-13H,1-5H3,(H,27,29)/b26-13-. The molecule has 1 aliphatic heterocycles. The van der Waals surface area contributed by atoms with Gasteiger partial charge in [0.2, 0.25) is 0 Å². The lowest BCUT2D eigenvalue weighted by Gasteiger charge is -2.40. The van der Waals surface area contributed by atoms with E-state index in [1.807, 2.05) is 24.3 Å². The summed E-state index contributed by atoms with van der Waals surface area (Å²) in [5.74, 6) is 0.259. The monoisotopic (exact) mass is 437 g/mol. The lowest BCUT2D eigenvalue weighted by molar-refractivity contribution is 0.0929. The maximum atomic E-state index is 12.5. The molecule has 0 radical (unpaired) electrons. The highest BCUT2D eigenvalue weighted by Gasteiger charge is 2.29. The molecule has 7 heteroatoms. The fourth-order valence-corrected chi connectivity index (χ4v) is 4.02. The smallest absolute Gasteiger partial charge is 0.307 e. The Labute approximate surface area is 186 Å². The van der Waals surface area contributed by atoms with E-state index < -0.39 is 5.91 Å². The van der Waals surface area contributed by atoms with Gasteiger partial charge in [-0.25, -0.2) is 5.43 Å². The number of hydrogen-bond acceptors (Lipinski definition) is 5. The highest BCUT2D eigenvalue weighted by Crippen LogP contribution is 2.40. The average molecular weight is 438 g/mol. The molecule has 0 saturated heterocycles. The first-order valence-electron chi connectivity index (χ1n) is 9.88. The number of amides is 1. The van der Waals surface area contributed by atoms with E-state index in [0.717, 1.165) is 16.6 Å². The largest absolute Gasteiger partial charge is 0.493 e. The number of rotatable bonds is 4. The molecule has 0 saturated carbocycles. The maximum Gasteiger partial charge on any atom is 0.307 e. The molecule has 0 fully saturated rings. The van der Waals surface area contributed by atoms with Crippen LogP contribution in [0.5, 0.6) is 5.75 Å². The summed E-state index contributed by atoms with van der Waals surface area (Å²) in [7, 11) is 3.60. The highest BCUT2D eigenvalue weighted by molar-refractivity contribution is 6.33. The van der Waals surface area contributed by atoms with Crippen molar-refractivity contribution in [1.82, 2.24) is 5.43 Å². The SMILES string of the molecule is COc1cccc2cc(C(=O)N/N=C\c3cc4c(cc3Cl)N(C)C(C)(C)C=C4C)oc12. The zero-order valence-electron chi connectivity index (χ0n) is 18.1. The summed E-state index contributed by atoms with van der Waals surface area (Å²) in [6, 6.07) is 11.0. The number of methoxy groups -OCH3 is 1. The molecule has 4 rings (SSSR count). The fraction of sp³-hybridized carbons (Fsp3) is 0.250. The van der Waals surface area contributed by atoms with Gasteiger partial charge in [0.25, 0.3) is 0 Å². The molecule has 0 aliphatic carbocycles. The Morgan fingerprint density at radius 1 is 1.29 bits per heavy atom. The van der Waals surface area contributed by atoms with E-state index in [2.05, 4.69) is 49.3 Å². The molecule has 31 heavy (non-hydrogen) atoms. The van der Waals surface area contributed by atoms with Crippen molar-refractivity contribution in [1.29, 1.82) is 0 Å². The van der Waals surface area contributed by atoms with Crippen molar-refractivity contribution in [2.75, 3.05) is 19.1 Å². The summed E-state index contributed by atoms with van der Waals surface area (Å²) in [5, 5.41) is 5.42. The summed E-state index contributed by atoms with van der Waals surface area (Å²) < 4.78 is 10.9. The topological polar surface area (TPSA) is 67.1 Å². The molecule has 3 aromatic rings. The normalized spacial score (nSPS) is 15.2. The van der Waals surface area contributed by atoms with E-state index in [4.69, 9.17) is 20.8 Å². The molecule has 6 nitrogen and oxygen atoms in total. The number of hydrogen-bond donors (Lipinski definition) is 1. The summed E-state index contributed by atoms with van der Waals surface area (Å²) in [6.07, 6.45) is 3.76. The summed E-state index contributed by atoms with van der Waals surface area (Å²) in [4.78, 5) is 14.7. The molecule has 2 heterocycles. The van der Waals surface area contributed by atoms with Crippen LogP contribution in [-0.4, -0.2) is 31.8 Å². The number of para-hydroxylation sites is 1. The zero-order chi connectivity index (χ0) is 22.3. The summed E-state index contributed by atoms with van der Waals surface area (Å²) in [5.41, 5.74) is 6.96. The number of allylic oxidation sites excluding steroid dienone is 1. The second-order valence-electron chi connectivity index (χ2n) is 8.12. The molecule has 1 aliphatic rings. The second kappa shape index (κ2) is 7.78. The maximum absolute atomic E-state index is 12.5. The number of halogens is 1. The van der Waals surface area contributed by atoms with Crippen molar-refractivity contribution >= 4 is 46.0 Å². The van der Waals surface area contributed by atoms with Crippen molar-refractivity contribution < 1.29 is 13.9 Å². The number of carbonyl (C=O) groups excluding carboxylic acids is 1. The predicted molar refractivity (Wildman–Crippen MR) is 125 cm³/mol. The van der Waals surface area contributed by atoms with E-state index in [9.17, 15) is 4.79 Å². The van der Waals surface area contributed by atoms with E-state index in [1.165, 1.54) is 11.8 Å². The van der Waals surface area contributed by atoms with E-state index >= 15 is 0 Å². The molecular formula is C24H24ClN3O3. The van der Waals surface area contributed by atoms with E-state index in [1.54, 1.807) is 19.2 Å². The first-order valence-corrected chi connectivity index (χ1v) is 10.3. The van der Waals surface area contributed by atoms with Crippen LogP contribution < -0.4 is 15.1 Å². The number of ether oxygens (including phenoxy) is 1. The van der Waals surface area contributed by atoms with Gasteiger partial charge in [0, 0.05) is 29.2 Å². The van der Waals surface area contributed by atoms with Crippen LogP contribution in [0.1, 0.15) is 42.5 Å². The van der Waals surface area contributed by atoms with Crippen LogP contribution in [-0.2, 0) is 0 Å². The van der Waals surface area contributed by atoms with E-state index in [0.29, 0.717) is 21.9 Å². The quantitative estimate of drug-likeness (QED) is 0.433. The molecule has 0 spiro atoms. The molecule has 0 atom stereocenters. The first kappa shape index (κ1) is 21.0. The molecule has 1 aromatic heterocycles. The number of benzene rings is 2. The van der Waals surface area contributed by atoms with Gasteiger partial charge in [0.05, 0.1) is 23.9 Å². The Balaban J connectivity index is 1.56. The van der Waals surface area contributed by atoms with Gasteiger partial charge in [0.15, 0.2) is 17.1 Å². The minimum absolute atomic E-state index is 0.0980. The third-order valence-corrected chi connectivity index (χ3v) is 5.98. The van der Waals surface area contributed by atoms with Crippen LogP contribution in [0.2, 0.25) is 5.02 Å². The van der Waals surface area contributed by atoms with Crippen molar-refractivity contribution in [2.45, 2.75) is 26.3 Å². The Morgan fingerprint density at radius 3 is 2.81 bits per heavy atom. The van der Waals surface area contributed by atoms with Crippen molar-refractivity contribution in [3.63, 3.8) is 0 Å². The minimum atomic E-state index is -0.457. The number of nitrogens with zero attached hydrogens (tertiary/aromatic N) is 2. The molecule has 0 bridgehead atoms. The van der Waals surface area contributed by atoms with Gasteiger partial charge < -0.3 is 14.1 Å². The third kappa shape index (κ3) is 3.79. The minimum Gasteiger partial charge on any atom is -0.493 e. The van der Waals surface area contributed by atoms with Gasteiger partial charge in [-0.1, -0.05) is 29.8 Å². The predicted octanol–water partition coefficient (Wildman–Crippen LogP) is 5.49. The molecule has 1 N–H and O–H groups in total. The number of nitrogens with one attached hydrogen (secondary N) is 1. The van der Waals surface area contributed by atoms with Gasteiger partial charge in [-0.05, 0) is 50.6 Å². The van der Waals surface area contributed by atoms with Crippen LogP contribution in [0.15, 0.2) is 52.0 Å². The van der Waals surface area contributed by atoms with Gasteiger partial charge in [0.1, 0.15) is 0 Å². The van der Waals surface area contributed by atoms with Crippen LogP contribution in [0, 0.1) is 0 Å². The number of hydrazone groups is 1. The first-order chi connectivity index (χ1) is 14.7. The van der Waals surface area contributed by atoms with Crippen LogP contribution in [0.4, 0.5) is 5.69 Å². The van der Waals surface area contributed by atoms with Gasteiger partial charge in [-0.3, -0.25) is 4.79 Å². The summed E-state index contributed by atoms with van der Waals surface area (Å²) >= 11 is 6.50. The number of fused-ring (bicyclic) bond motifs is 2. The summed E-state index contributed by atoms with van der Waals surface area (Å²) in [6.45, 7) is 6.40. The van der Waals surface area contributed by atoms with Crippen molar-refractivity contribution in [3.05, 3.63) is 64.4 Å². The van der Waals surface area contributed by atoms with E-state index in [-0.39, 0.29) is 11.3 Å². The number of likely N-dealkylation sites (N-methyl/N-ethyl adjacent to an activating group) is 1.